The average molecular weight is 598 g/mol. The Balaban J connectivity index is 1.52. The van der Waals surface area contributed by atoms with Gasteiger partial charge in [0.2, 0.25) is 5.88 Å². The van der Waals surface area contributed by atoms with Gasteiger partial charge in [0.15, 0.2) is 0 Å². The van der Waals surface area contributed by atoms with Crippen molar-refractivity contribution in [3.8, 4) is 5.88 Å². The molecule has 0 spiro atoms. The molecule has 1 aliphatic rings. The number of amides is 1. The first-order chi connectivity index (χ1) is 20.4. The summed E-state index contributed by atoms with van der Waals surface area (Å²) in [6.45, 7) is 5.18. The number of hydrogen-bond donors (Lipinski definition) is 1. The molecule has 9 nitrogen and oxygen atoms in total. The number of pyridine rings is 2. The van der Waals surface area contributed by atoms with Crippen LogP contribution in [0.3, 0.4) is 0 Å². The SMILES string of the molecule is COc1ccc2nccc(CC[C@@H]3CC[C@@H](N(CC=Cc4cc(F)ccc4F)C(=O)OC(C)(C)C)[C@@H](CC(=O)O)O3)c2n1. The number of carboxylic acid groups (broad SMARTS) is 1. The quantitative estimate of drug-likeness (QED) is 0.295. The largest absolute Gasteiger partial charge is 0.481 e. The third-order valence-corrected chi connectivity index (χ3v) is 7.13. The van der Waals surface area contributed by atoms with Gasteiger partial charge in [-0.3, -0.25) is 14.7 Å². The van der Waals surface area contributed by atoms with Crippen LogP contribution in [0.15, 0.2) is 48.7 Å². The van der Waals surface area contributed by atoms with Crippen molar-refractivity contribution in [1.82, 2.24) is 14.9 Å². The predicted octanol–water partition coefficient (Wildman–Crippen LogP) is 6.19. The normalized spacial score (nSPS) is 19.0. The van der Waals surface area contributed by atoms with Crippen molar-refractivity contribution < 1.29 is 37.7 Å². The second kappa shape index (κ2) is 13.9. The van der Waals surface area contributed by atoms with E-state index in [-0.39, 0.29) is 24.6 Å². The molecule has 3 atom stereocenters. The number of aliphatic carboxylic acids is 1. The van der Waals surface area contributed by atoms with E-state index in [4.69, 9.17) is 14.2 Å². The van der Waals surface area contributed by atoms with Crippen molar-refractivity contribution in [3.05, 3.63) is 71.4 Å². The van der Waals surface area contributed by atoms with Gasteiger partial charge in [-0.05, 0) is 82.3 Å². The van der Waals surface area contributed by atoms with Crippen molar-refractivity contribution >= 4 is 29.2 Å². The predicted molar refractivity (Wildman–Crippen MR) is 157 cm³/mol. The lowest BCUT2D eigenvalue weighted by molar-refractivity contribution is -0.148. The molecule has 1 N–H and O–H groups in total. The second-order valence-electron chi connectivity index (χ2n) is 11.5. The van der Waals surface area contributed by atoms with Crippen molar-refractivity contribution in [2.45, 2.75) is 76.7 Å². The van der Waals surface area contributed by atoms with E-state index >= 15 is 0 Å². The molecule has 3 aromatic rings. The highest BCUT2D eigenvalue weighted by Crippen LogP contribution is 2.30. The van der Waals surface area contributed by atoms with Gasteiger partial charge in [0.1, 0.15) is 17.2 Å². The molecule has 1 amide bonds. The molecule has 0 unspecified atom stereocenters. The van der Waals surface area contributed by atoms with Crippen LogP contribution in [0.4, 0.5) is 13.6 Å². The minimum Gasteiger partial charge on any atom is -0.481 e. The highest BCUT2D eigenvalue weighted by atomic mass is 19.1. The van der Waals surface area contributed by atoms with Gasteiger partial charge >= 0.3 is 12.1 Å². The number of ether oxygens (including phenoxy) is 3. The lowest BCUT2D eigenvalue weighted by atomic mass is 9.92. The van der Waals surface area contributed by atoms with Gasteiger partial charge in [0, 0.05) is 24.4 Å². The van der Waals surface area contributed by atoms with Gasteiger partial charge in [0.25, 0.3) is 0 Å². The monoisotopic (exact) mass is 597 g/mol. The summed E-state index contributed by atoms with van der Waals surface area (Å²) in [5.74, 6) is -1.78. The molecule has 11 heteroatoms. The molecule has 1 saturated heterocycles. The maximum Gasteiger partial charge on any atom is 0.410 e. The fourth-order valence-electron chi connectivity index (χ4n) is 5.17. The zero-order valence-corrected chi connectivity index (χ0v) is 24.8. The summed E-state index contributed by atoms with van der Waals surface area (Å²) in [6.07, 6.45) is 4.86. The zero-order valence-electron chi connectivity index (χ0n) is 24.8. The molecule has 43 heavy (non-hydrogen) atoms. The summed E-state index contributed by atoms with van der Waals surface area (Å²) in [7, 11) is 1.55. The Kier molecular flexibility index (Phi) is 10.3. The topological polar surface area (TPSA) is 111 Å². The summed E-state index contributed by atoms with van der Waals surface area (Å²) in [6, 6.07) is 7.99. The second-order valence-corrected chi connectivity index (χ2v) is 11.5. The first-order valence-electron chi connectivity index (χ1n) is 14.2. The number of halogens is 2. The molecule has 0 aliphatic carbocycles. The van der Waals surface area contributed by atoms with E-state index in [2.05, 4.69) is 9.97 Å². The molecule has 1 fully saturated rings. The smallest absolute Gasteiger partial charge is 0.410 e. The lowest BCUT2D eigenvalue weighted by Crippen LogP contribution is -2.53. The van der Waals surface area contributed by atoms with Crippen LogP contribution >= 0.6 is 0 Å². The van der Waals surface area contributed by atoms with Gasteiger partial charge < -0.3 is 19.3 Å². The number of fused-ring (bicyclic) bond motifs is 1. The van der Waals surface area contributed by atoms with E-state index in [1.165, 1.54) is 17.1 Å². The minimum absolute atomic E-state index is 0.0177. The summed E-state index contributed by atoms with van der Waals surface area (Å²) >= 11 is 0. The van der Waals surface area contributed by atoms with Gasteiger partial charge in [-0.1, -0.05) is 12.2 Å². The van der Waals surface area contributed by atoms with Crippen LogP contribution in [0.25, 0.3) is 17.1 Å². The molecular formula is C32H37F2N3O6. The molecule has 1 aliphatic heterocycles. The van der Waals surface area contributed by atoms with Crippen LogP contribution < -0.4 is 4.74 Å². The van der Waals surface area contributed by atoms with Crippen molar-refractivity contribution in [3.63, 3.8) is 0 Å². The maximum atomic E-state index is 14.2. The van der Waals surface area contributed by atoms with Crippen molar-refractivity contribution in [2.75, 3.05) is 13.7 Å². The van der Waals surface area contributed by atoms with E-state index in [1.54, 1.807) is 40.1 Å². The van der Waals surface area contributed by atoms with E-state index in [0.717, 1.165) is 34.8 Å². The standard InChI is InChI=1S/C32H37F2N3O6/c1-32(2,3)43-31(40)37(17-5-6-21-18-22(33)8-11-24(21)34)26-13-10-23(42-27(26)19-29(38)39)9-7-20-15-16-35-25-12-14-28(41-4)36-30(20)25/h5-6,8,11-12,14-16,18,23,26-27H,7,9-10,13,17,19H2,1-4H3,(H,38,39)/t23-,26-,27-/m1/s1. The highest BCUT2D eigenvalue weighted by Gasteiger charge is 2.39. The van der Waals surface area contributed by atoms with E-state index in [0.29, 0.717) is 31.6 Å². The molecule has 2 aromatic heterocycles. The molecule has 4 rings (SSSR count). The van der Waals surface area contributed by atoms with Crippen molar-refractivity contribution in [2.24, 2.45) is 0 Å². The van der Waals surface area contributed by atoms with Gasteiger partial charge in [0.05, 0.1) is 42.8 Å². The van der Waals surface area contributed by atoms with Gasteiger partial charge in [-0.2, -0.15) is 0 Å². The van der Waals surface area contributed by atoms with Gasteiger partial charge in [-0.25, -0.2) is 18.6 Å². The summed E-state index contributed by atoms with van der Waals surface area (Å²) in [4.78, 5) is 35.5. The van der Waals surface area contributed by atoms with E-state index in [1.807, 2.05) is 12.1 Å². The van der Waals surface area contributed by atoms with Crippen LogP contribution in [0.5, 0.6) is 5.88 Å². The fraction of sp³-hybridized carbons (Fsp3) is 0.438. The van der Waals surface area contributed by atoms with Gasteiger partial charge in [-0.15, -0.1) is 0 Å². The molecule has 230 valence electrons. The number of rotatable bonds is 10. The number of carbonyl (C=O) groups excluding carboxylic acids is 1. The Labute approximate surface area is 249 Å². The molecular weight excluding hydrogens is 560 g/mol. The van der Waals surface area contributed by atoms with Crippen LogP contribution in [-0.2, 0) is 20.7 Å². The van der Waals surface area contributed by atoms with Crippen LogP contribution in [0.2, 0.25) is 0 Å². The Morgan fingerprint density at radius 2 is 1.95 bits per heavy atom. The van der Waals surface area contributed by atoms with E-state index in [9.17, 15) is 23.5 Å². The third kappa shape index (κ3) is 8.70. The first-order valence-corrected chi connectivity index (χ1v) is 14.2. The number of benzene rings is 1. The number of hydrogen-bond acceptors (Lipinski definition) is 7. The van der Waals surface area contributed by atoms with Crippen LogP contribution in [0.1, 0.15) is 57.6 Å². The average Bonchev–Trinajstić information content (AvgIpc) is 2.94. The number of methoxy groups -OCH3 is 1. The van der Waals surface area contributed by atoms with Crippen LogP contribution in [0, 0.1) is 11.6 Å². The van der Waals surface area contributed by atoms with Crippen LogP contribution in [-0.4, -0.2) is 69.5 Å². The minimum atomic E-state index is -1.06. The molecule has 3 heterocycles. The number of carboxylic acids is 1. The maximum absolute atomic E-state index is 14.2. The molecule has 0 saturated carbocycles. The molecule has 0 radical (unpaired) electrons. The number of aryl methyl sites for hydroxylation is 1. The Hall–Kier alpha value is -4.12. The fourth-order valence-corrected chi connectivity index (χ4v) is 5.17. The Morgan fingerprint density at radius 1 is 1.16 bits per heavy atom. The first kappa shape index (κ1) is 31.8. The Bertz CT molecular complexity index is 1480. The van der Waals surface area contributed by atoms with Crippen molar-refractivity contribution in [1.29, 1.82) is 0 Å². The molecule has 0 bridgehead atoms. The van der Waals surface area contributed by atoms with E-state index < -0.39 is 41.4 Å². The lowest BCUT2D eigenvalue weighted by Gasteiger charge is -2.42. The highest BCUT2D eigenvalue weighted by molar-refractivity contribution is 5.78. The number of aromatic nitrogens is 2. The summed E-state index contributed by atoms with van der Waals surface area (Å²) in [5.41, 5.74) is 1.66. The number of nitrogens with zero attached hydrogens (tertiary/aromatic N) is 3. The number of carbonyl (C=O) groups is 2. The summed E-state index contributed by atoms with van der Waals surface area (Å²) in [5, 5.41) is 9.70. The third-order valence-electron chi connectivity index (χ3n) is 7.13. The molecule has 1 aromatic carbocycles. The Morgan fingerprint density at radius 3 is 2.67 bits per heavy atom. The summed E-state index contributed by atoms with van der Waals surface area (Å²) < 4.78 is 45.1. The zero-order chi connectivity index (χ0) is 31.1.